The van der Waals surface area contributed by atoms with Gasteiger partial charge in [0, 0.05) is 49.8 Å². The van der Waals surface area contributed by atoms with Crippen LogP contribution in [0.3, 0.4) is 0 Å². The summed E-state index contributed by atoms with van der Waals surface area (Å²) in [6, 6.07) is 22.3. The van der Waals surface area contributed by atoms with Gasteiger partial charge in [-0.3, -0.25) is 19.3 Å². The standard InChI is InChI=1S/C29H30N4O3S/c1-21-17-24(22(2)32(21)19-23-9-5-3-6-10-23)18-26-28(35)33(29(36)37-26)20-27(34)31-15-13-30(14-16-31)25-11-7-4-8-12-25/h3-12,17-18H,13-16,19-20H2,1-2H3/b26-18+. The zero-order valence-electron chi connectivity index (χ0n) is 21.1. The summed E-state index contributed by atoms with van der Waals surface area (Å²) in [5.74, 6) is -0.601. The van der Waals surface area contributed by atoms with Crippen LogP contribution in [0, 0.1) is 13.8 Å². The number of aryl methyl sites for hydroxylation is 1. The number of carbonyl (C=O) groups is 3. The molecule has 1 aromatic heterocycles. The van der Waals surface area contributed by atoms with E-state index in [0.29, 0.717) is 18.0 Å². The predicted molar refractivity (Wildman–Crippen MR) is 147 cm³/mol. The summed E-state index contributed by atoms with van der Waals surface area (Å²) in [5.41, 5.74) is 5.34. The normalized spacial score (nSPS) is 17.2. The second kappa shape index (κ2) is 10.7. The first-order valence-corrected chi connectivity index (χ1v) is 13.3. The van der Waals surface area contributed by atoms with Gasteiger partial charge in [0.15, 0.2) is 0 Å². The van der Waals surface area contributed by atoms with Crippen molar-refractivity contribution in [2.24, 2.45) is 0 Å². The lowest BCUT2D eigenvalue weighted by Gasteiger charge is -2.36. The maximum Gasteiger partial charge on any atom is 0.294 e. The van der Waals surface area contributed by atoms with Gasteiger partial charge >= 0.3 is 0 Å². The van der Waals surface area contributed by atoms with Gasteiger partial charge in [0.25, 0.3) is 11.1 Å². The maximum atomic E-state index is 13.1. The molecule has 0 unspecified atom stereocenters. The second-order valence-electron chi connectivity index (χ2n) is 9.37. The number of piperazine rings is 1. The van der Waals surface area contributed by atoms with E-state index in [9.17, 15) is 14.4 Å². The van der Waals surface area contributed by atoms with E-state index in [4.69, 9.17) is 0 Å². The number of nitrogens with zero attached hydrogens (tertiary/aromatic N) is 4. The molecule has 5 rings (SSSR count). The predicted octanol–water partition coefficient (Wildman–Crippen LogP) is 4.54. The van der Waals surface area contributed by atoms with Gasteiger partial charge in [0.1, 0.15) is 6.54 Å². The lowest BCUT2D eigenvalue weighted by atomic mass is 10.2. The third kappa shape index (κ3) is 5.34. The molecule has 8 heteroatoms. The smallest absolute Gasteiger partial charge is 0.294 e. The quantitative estimate of drug-likeness (QED) is 0.452. The van der Waals surface area contributed by atoms with Crippen LogP contribution in [0.1, 0.15) is 22.5 Å². The highest BCUT2D eigenvalue weighted by Crippen LogP contribution is 2.33. The fourth-order valence-electron chi connectivity index (χ4n) is 4.85. The van der Waals surface area contributed by atoms with E-state index >= 15 is 0 Å². The van der Waals surface area contributed by atoms with Crippen LogP contribution in [0.2, 0.25) is 0 Å². The number of hydrogen-bond donors (Lipinski definition) is 0. The summed E-state index contributed by atoms with van der Waals surface area (Å²) in [4.78, 5) is 44.1. The first-order chi connectivity index (χ1) is 17.9. The van der Waals surface area contributed by atoms with Crippen molar-refractivity contribution in [3.05, 3.63) is 94.1 Å². The number of amides is 3. The molecule has 0 atom stereocenters. The van der Waals surface area contributed by atoms with Crippen LogP contribution < -0.4 is 4.90 Å². The van der Waals surface area contributed by atoms with E-state index in [0.717, 1.165) is 58.9 Å². The Bertz CT molecular complexity index is 1340. The number of hydrogen-bond acceptors (Lipinski definition) is 5. The number of anilines is 1. The average molecular weight is 515 g/mol. The van der Waals surface area contributed by atoms with Crippen molar-refractivity contribution in [3.63, 3.8) is 0 Å². The van der Waals surface area contributed by atoms with Crippen molar-refractivity contribution >= 4 is 40.6 Å². The van der Waals surface area contributed by atoms with E-state index in [1.54, 1.807) is 11.0 Å². The van der Waals surface area contributed by atoms with E-state index in [2.05, 4.69) is 33.7 Å². The van der Waals surface area contributed by atoms with Crippen LogP contribution in [0.25, 0.3) is 6.08 Å². The average Bonchev–Trinajstić information content (AvgIpc) is 3.34. The Morgan fingerprint density at radius 3 is 2.24 bits per heavy atom. The van der Waals surface area contributed by atoms with Crippen LogP contribution in [-0.4, -0.2) is 64.1 Å². The van der Waals surface area contributed by atoms with Gasteiger partial charge in [-0.15, -0.1) is 0 Å². The Balaban J connectivity index is 1.23. The van der Waals surface area contributed by atoms with Crippen LogP contribution in [-0.2, 0) is 16.1 Å². The molecule has 37 heavy (non-hydrogen) atoms. The molecule has 0 N–H and O–H groups in total. The van der Waals surface area contributed by atoms with Crippen molar-refractivity contribution in [1.29, 1.82) is 0 Å². The summed E-state index contributed by atoms with van der Waals surface area (Å²) in [6.45, 7) is 7.13. The molecule has 2 saturated heterocycles. The highest BCUT2D eigenvalue weighted by molar-refractivity contribution is 8.18. The van der Waals surface area contributed by atoms with Gasteiger partial charge in [0.2, 0.25) is 5.91 Å². The van der Waals surface area contributed by atoms with E-state index < -0.39 is 11.1 Å². The summed E-state index contributed by atoms with van der Waals surface area (Å²) in [7, 11) is 0. The van der Waals surface area contributed by atoms with Gasteiger partial charge in [-0.2, -0.15) is 0 Å². The zero-order chi connectivity index (χ0) is 25.9. The first kappa shape index (κ1) is 24.9. The van der Waals surface area contributed by atoms with Crippen LogP contribution in [0.4, 0.5) is 10.5 Å². The molecule has 2 fully saturated rings. The molecule has 2 aromatic carbocycles. The fourth-order valence-corrected chi connectivity index (χ4v) is 5.68. The van der Waals surface area contributed by atoms with Crippen molar-refractivity contribution in [2.45, 2.75) is 20.4 Å². The first-order valence-electron chi connectivity index (χ1n) is 12.4. The Kier molecular flexibility index (Phi) is 7.19. The van der Waals surface area contributed by atoms with Crippen LogP contribution >= 0.6 is 11.8 Å². The maximum absolute atomic E-state index is 13.1. The monoisotopic (exact) mass is 514 g/mol. The molecule has 7 nitrogen and oxygen atoms in total. The SMILES string of the molecule is Cc1cc(/C=C2/SC(=O)N(CC(=O)N3CCN(c4ccccc4)CC3)C2=O)c(C)n1Cc1ccccc1. The minimum absolute atomic E-state index is 0.197. The number of aromatic nitrogens is 1. The van der Waals surface area contributed by atoms with Gasteiger partial charge in [-0.25, -0.2) is 0 Å². The number of thioether (sulfide) groups is 1. The Morgan fingerprint density at radius 2 is 1.57 bits per heavy atom. The molecule has 0 saturated carbocycles. The second-order valence-corrected chi connectivity index (χ2v) is 10.4. The van der Waals surface area contributed by atoms with Gasteiger partial charge < -0.3 is 14.4 Å². The molecule has 2 aliphatic heterocycles. The van der Waals surface area contributed by atoms with Crippen molar-refractivity contribution < 1.29 is 14.4 Å². The molecule has 0 bridgehead atoms. The van der Waals surface area contributed by atoms with Crippen molar-refractivity contribution in [2.75, 3.05) is 37.6 Å². The van der Waals surface area contributed by atoms with Gasteiger partial charge in [0.05, 0.1) is 4.91 Å². The van der Waals surface area contributed by atoms with Crippen LogP contribution in [0.5, 0.6) is 0 Å². The molecule has 190 valence electrons. The van der Waals surface area contributed by atoms with E-state index in [1.165, 1.54) is 5.56 Å². The summed E-state index contributed by atoms with van der Waals surface area (Å²) >= 11 is 0.901. The molecule has 3 amide bonds. The topological polar surface area (TPSA) is 65.9 Å². The summed E-state index contributed by atoms with van der Waals surface area (Å²) < 4.78 is 2.20. The highest BCUT2D eigenvalue weighted by atomic mass is 32.2. The van der Waals surface area contributed by atoms with Crippen LogP contribution in [0.15, 0.2) is 71.6 Å². The molecule has 0 aliphatic carbocycles. The number of para-hydroxylation sites is 1. The molecule has 0 spiro atoms. The molecule has 2 aliphatic rings. The molecular weight excluding hydrogens is 484 g/mol. The molecular formula is C29H30N4O3S. The zero-order valence-corrected chi connectivity index (χ0v) is 21.9. The Hall–Kier alpha value is -3.78. The van der Waals surface area contributed by atoms with Gasteiger partial charge in [-0.1, -0.05) is 48.5 Å². The summed E-state index contributed by atoms with van der Waals surface area (Å²) in [6.07, 6.45) is 1.78. The lowest BCUT2D eigenvalue weighted by molar-refractivity contribution is -0.136. The minimum atomic E-state index is -0.404. The highest BCUT2D eigenvalue weighted by Gasteiger charge is 2.37. The number of rotatable bonds is 6. The summed E-state index contributed by atoms with van der Waals surface area (Å²) in [5, 5.41) is -0.398. The van der Waals surface area contributed by atoms with E-state index in [-0.39, 0.29) is 12.5 Å². The number of benzene rings is 2. The number of carbonyl (C=O) groups excluding carboxylic acids is 3. The Morgan fingerprint density at radius 1 is 0.919 bits per heavy atom. The van der Waals surface area contributed by atoms with Crippen molar-refractivity contribution in [1.82, 2.24) is 14.4 Å². The molecule has 0 radical (unpaired) electrons. The minimum Gasteiger partial charge on any atom is -0.368 e. The number of imide groups is 1. The third-order valence-corrected chi connectivity index (χ3v) is 7.91. The molecule has 3 heterocycles. The fraction of sp³-hybridized carbons (Fsp3) is 0.276. The third-order valence-electron chi connectivity index (χ3n) is 7.00. The lowest BCUT2D eigenvalue weighted by Crippen LogP contribution is -2.51. The van der Waals surface area contributed by atoms with Crippen molar-refractivity contribution in [3.8, 4) is 0 Å². The van der Waals surface area contributed by atoms with Gasteiger partial charge in [-0.05, 0) is 61.0 Å². The van der Waals surface area contributed by atoms with E-state index in [1.807, 2.05) is 56.3 Å². The molecule has 3 aromatic rings. The Labute approximate surface area is 221 Å². The largest absolute Gasteiger partial charge is 0.368 e.